The summed E-state index contributed by atoms with van der Waals surface area (Å²) >= 11 is 0. The molecule has 86 valence electrons. The molecule has 0 unspecified atom stereocenters. The molecule has 0 aromatic heterocycles. The molecule has 1 aromatic rings. The minimum absolute atomic E-state index is 0. The summed E-state index contributed by atoms with van der Waals surface area (Å²) in [4.78, 5) is 0. The van der Waals surface area contributed by atoms with Crippen LogP contribution in [0.25, 0.3) is 0 Å². The summed E-state index contributed by atoms with van der Waals surface area (Å²) in [6, 6.07) is 0.670. The van der Waals surface area contributed by atoms with Crippen molar-refractivity contribution in [2.24, 2.45) is 11.5 Å². The first kappa shape index (κ1) is 14.2. The average molecular weight is 241 g/mol. The summed E-state index contributed by atoms with van der Waals surface area (Å²) in [5.41, 5.74) is 10.2. The standard InChI is InChI=1S/C9H11F3N2.ClH/c10-5-1-2-6(11)9(12)8(5)7(14)3-4-13;/h1-2,7H,3-4,13-14H2;1H/t7-;/m1./s1. The number of hydrogen-bond donors (Lipinski definition) is 2. The lowest BCUT2D eigenvalue weighted by molar-refractivity contribution is 0.460. The minimum atomic E-state index is -1.23. The van der Waals surface area contributed by atoms with E-state index in [1.807, 2.05) is 0 Å². The molecule has 0 aliphatic carbocycles. The maximum Gasteiger partial charge on any atom is 0.166 e. The summed E-state index contributed by atoms with van der Waals surface area (Å²) < 4.78 is 38.9. The lowest BCUT2D eigenvalue weighted by Gasteiger charge is -2.12. The van der Waals surface area contributed by atoms with E-state index in [1.165, 1.54) is 0 Å². The van der Waals surface area contributed by atoms with Crippen molar-refractivity contribution in [3.8, 4) is 0 Å². The van der Waals surface area contributed by atoms with Gasteiger partial charge >= 0.3 is 0 Å². The molecule has 0 aliphatic rings. The molecular weight excluding hydrogens is 229 g/mol. The van der Waals surface area contributed by atoms with Crippen molar-refractivity contribution >= 4 is 12.4 Å². The highest BCUT2D eigenvalue weighted by Gasteiger charge is 2.19. The molecule has 0 spiro atoms. The van der Waals surface area contributed by atoms with Gasteiger partial charge in [-0.15, -0.1) is 12.4 Å². The van der Waals surface area contributed by atoms with Crippen LogP contribution in [0, 0.1) is 17.5 Å². The van der Waals surface area contributed by atoms with E-state index in [4.69, 9.17) is 11.5 Å². The number of nitrogens with two attached hydrogens (primary N) is 2. The molecule has 2 nitrogen and oxygen atoms in total. The average Bonchev–Trinajstić information content (AvgIpc) is 2.13. The molecule has 0 fully saturated rings. The Morgan fingerprint density at radius 1 is 1.13 bits per heavy atom. The monoisotopic (exact) mass is 240 g/mol. The summed E-state index contributed by atoms with van der Waals surface area (Å²) in [7, 11) is 0. The van der Waals surface area contributed by atoms with Crippen molar-refractivity contribution in [1.82, 2.24) is 0 Å². The quantitative estimate of drug-likeness (QED) is 0.793. The number of hydrogen-bond acceptors (Lipinski definition) is 2. The van der Waals surface area contributed by atoms with Gasteiger partial charge in [-0.1, -0.05) is 0 Å². The van der Waals surface area contributed by atoms with Gasteiger partial charge in [-0.25, -0.2) is 13.2 Å². The molecule has 0 aliphatic heterocycles. The zero-order valence-corrected chi connectivity index (χ0v) is 8.66. The second-order valence-corrected chi connectivity index (χ2v) is 2.94. The molecule has 15 heavy (non-hydrogen) atoms. The van der Waals surface area contributed by atoms with Gasteiger partial charge in [0.25, 0.3) is 0 Å². The molecule has 0 amide bonds. The van der Waals surface area contributed by atoms with Crippen LogP contribution in [0.4, 0.5) is 13.2 Å². The Morgan fingerprint density at radius 2 is 1.67 bits per heavy atom. The normalized spacial score (nSPS) is 12.1. The Kier molecular flexibility index (Phi) is 5.64. The van der Waals surface area contributed by atoms with Gasteiger partial charge in [0.1, 0.15) is 5.82 Å². The van der Waals surface area contributed by atoms with Crippen LogP contribution in [0.5, 0.6) is 0 Å². The van der Waals surface area contributed by atoms with Crippen molar-refractivity contribution in [1.29, 1.82) is 0 Å². The van der Waals surface area contributed by atoms with Crippen LogP contribution in [-0.4, -0.2) is 6.54 Å². The summed E-state index contributed by atoms with van der Waals surface area (Å²) in [5, 5.41) is 0. The highest BCUT2D eigenvalue weighted by molar-refractivity contribution is 5.85. The van der Waals surface area contributed by atoms with Crippen LogP contribution in [0.2, 0.25) is 0 Å². The third-order valence-corrected chi connectivity index (χ3v) is 1.93. The van der Waals surface area contributed by atoms with Crippen LogP contribution in [0.1, 0.15) is 18.0 Å². The zero-order valence-electron chi connectivity index (χ0n) is 7.84. The third-order valence-electron chi connectivity index (χ3n) is 1.93. The predicted molar refractivity (Wildman–Crippen MR) is 54.2 cm³/mol. The molecule has 0 heterocycles. The smallest absolute Gasteiger partial charge is 0.166 e. The van der Waals surface area contributed by atoms with Gasteiger partial charge in [-0.2, -0.15) is 0 Å². The lowest BCUT2D eigenvalue weighted by atomic mass is 10.0. The largest absolute Gasteiger partial charge is 0.330 e. The van der Waals surface area contributed by atoms with E-state index in [0.29, 0.717) is 0 Å². The molecule has 0 saturated heterocycles. The first-order valence-corrected chi connectivity index (χ1v) is 4.17. The van der Waals surface area contributed by atoms with E-state index in [-0.39, 0.29) is 25.4 Å². The Labute approximate surface area is 91.9 Å². The molecule has 0 saturated carbocycles. The van der Waals surface area contributed by atoms with Gasteiger partial charge in [0.2, 0.25) is 0 Å². The summed E-state index contributed by atoms with van der Waals surface area (Å²) in [6.07, 6.45) is 0.206. The minimum Gasteiger partial charge on any atom is -0.330 e. The number of rotatable bonds is 3. The molecule has 4 N–H and O–H groups in total. The van der Waals surface area contributed by atoms with E-state index >= 15 is 0 Å². The maximum atomic E-state index is 13.1. The maximum absolute atomic E-state index is 13.1. The van der Waals surface area contributed by atoms with E-state index in [9.17, 15) is 13.2 Å². The fourth-order valence-corrected chi connectivity index (χ4v) is 1.21. The van der Waals surface area contributed by atoms with Crippen LogP contribution in [0.15, 0.2) is 12.1 Å². The Balaban J connectivity index is 0.00000196. The van der Waals surface area contributed by atoms with Crippen molar-refractivity contribution < 1.29 is 13.2 Å². The van der Waals surface area contributed by atoms with Gasteiger partial charge in [-0.3, -0.25) is 0 Å². The molecule has 1 aromatic carbocycles. The third kappa shape index (κ3) is 3.09. The van der Waals surface area contributed by atoms with Gasteiger partial charge in [0, 0.05) is 11.6 Å². The fraction of sp³-hybridized carbons (Fsp3) is 0.333. The van der Waals surface area contributed by atoms with Crippen molar-refractivity contribution in [3.63, 3.8) is 0 Å². The molecule has 6 heteroatoms. The van der Waals surface area contributed by atoms with Crippen LogP contribution in [-0.2, 0) is 0 Å². The second-order valence-electron chi connectivity index (χ2n) is 2.94. The zero-order chi connectivity index (χ0) is 10.7. The van der Waals surface area contributed by atoms with E-state index in [0.717, 1.165) is 12.1 Å². The fourth-order valence-electron chi connectivity index (χ4n) is 1.21. The molecule has 0 radical (unpaired) electrons. The highest BCUT2D eigenvalue weighted by Crippen LogP contribution is 2.22. The van der Waals surface area contributed by atoms with Gasteiger partial charge in [0.05, 0.1) is 0 Å². The topological polar surface area (TPSA) is 52.0 Å². The highest BCUT2D eigenvalue weighted by atomic mass is 35.5. The molecular formula is C9H12ClF3N2. The van der Waals surface area contributed by atoms with Gasteiger partial charge in [-0.05, 0) is 25.1 Å². The van der Waals surface area contributed by atoms with E-state index < -0.39 is 29.1 Å². The first-order chi connectivity index (χ1) is 6.57. The van der Waals surface area contributed by atoms with Gasteiger partial charge < -0.3 is 11.5 Å². The second kappa shape index (κ2) is 5.95. The Hall–Kier alpha value is -0.780. The number of benzene rings is 1. The molecule has 1 rings (SSSR count). The van der Waals surface area contributed by atoms with Crippen LogP contribution >= 0.6 is 12.4 Å². The Morgan fingerprint density at radius 3 is 2.20 bits per heavy atom. The number of halogens is 4. The summed E-state index contributed by atoms with van der Waals surface area (Å²) in [5.74, 6) is -3.18. The van der Waals surface area contributed by atoms with Crippen molar-refractivity contribution in [2.45, 2.75) is 12.5 Å². The van der Waals surface area contributed by atoms with Crippen molar-refractivity contribution in [3.05, 3.63) is 35.1 Å². The van der Waals surface area contributed by atoms with E-state index in [2.05, 4.69) is 0 Å². The van der Waals surface area contributed by atoms with E-state index in [1.54, 1.807) is 0 Å². The summed E-state index contributed by atoms with van der Waals surface area (Å²) in [6.45, 7) is 0.191. The lowest BCUT2D eigenvalue weighted by Crippen LogP contribution is -2.18. The SMILES string of the molecule is Cl.NCC[C@@H](N)c1c(F)ccc(F)c1F. The van der Waals surface area contributed by atoms with Crippen LogP contribution < -0.4 is 11.5 Å². The molecule has 0 bridgehead atoms. The predicted octanol–water partition coefficient (Wildman–Crippen LogP) is 1.87. The Bertz CT molecular complexity index is 333. The van der Waals surface area contributed by atoms with Crippen molar-refractivity contribution in [2.75, 3.05) is 6.54 Å². The van der Waals surface area contributed by atoms with Crippen LogP contribution in [0.3, 0.4) is 0 Å². The molecule has 1 atom stereocenters. The van der Waals surface area contributed by atoms with Gasteiger partial charge in [0.15, 0.2) is 11.6 Å². The first-order valence-electron chi connectivity index (χ1n) is 4.17.